The molecule has 0 radical (unpaired) electrons. The Hall–Kier alpha value is -0.740. The zero-order valence-corrected chi connectivity index (χ0v) is 10.8. The largest absolute Gasteiger partial charge is 0.504 e. The summed E-state index contributed by atoms with van der Waals surface area (Å²) in [5.41, 5.74) is 0.394. The summed E-state index contributed by atoms with van der Waals surface area (Å²) in [6.07, 6.45) is 0. The van der Waals surface area contributed by atoms with Crippen LogP contribution in [-0.2, 0) is 5.60 Å². The first kappa shape index (κ1) is 12.3. The molecule has 0 bridgehead atoms. The molecule has 0 aliphatic carbocycles. The average molecular weight is 275 g/mol. The third-order valence-electron chi connectivity index (χ3n) is 2.27. The highest BCUT2D eigenvalue weighted by atomic mass is 79.9. The summed E-state index contributed by atoms with van der Waals surface area (Å²) in [5.74, 6) is 0.343. The van der Waals surface area contributed by atoms with Crippen molar-refractivity contribution in [2.45, 2.75) is 26.4 Å². The first-order valence-electron chi connectivity index (χ1n) is 4.58. The van der Waals surface area contributed by atoms with Crippen molar-refractivity contribution in [3.63, 3.8) is 0 Å². The van der Waals surface area contributed by atoms with Crippen LogP contribution in [0.4, 0.5) is 0 Å². The van der Waals surface area contributed by atoms with E-state index in [0.29, 0.717) is 11.3 Å². The number of benzene rings is 1. The molecular formula is C11H15BrO3. The van der Waals surface area contributed by atoms with Crippen LogP contribution < -0.4 is 4.74 Å². The van der Waals surface area contributed by atoms with E-state index in [9.17, 15) is 10.2 Å². The van der Waals surface area contributed by atoms with Crippen molar-refractivity contribution in [3.05, 3.63) is 21.7 Å². The second kappa shape index (κ2) is 4.02. The number of halogens is 1. The van der Waals surface area contributed by atoms with Gasteiger partial charge in [0.1, 0.15) is 0 Å². The Kier molecular flexibility index (Phi) is 3.31. The quantitative estimate of drug-likeness (QED) is 0.872. The molecule has 15 heavy (non-hydrogen) atoms. The van der Waals surface area contributed by atoms with Crippen LogP contribution in [0.1, 0.15) is 25.0 Å². The molecule has 0 saturated carbocycles. The van der Waals surface area contributed by atoms with Crippen molar-refractivity contribution >= 4 is 15.9 Å². The van der Waals surface area contributed by atoms with Crippen LogP contribution in [0, 0.1) is 6.92 Å². The summed E-state index contributed by atoms with van der Waals surface area (Å²) in [7, 11) is 1.47. The third-order valence-corrected chi connectivity index (χ3v) is 3.10. The van der Waals surface area contributed by atoms with Gasteiger partial charge >= 0.3 is 0 Å². The zero-order valence-electron chi connectivity index (χ0n) is 9.26. The molecular weight excluding hydrogens is 260 g/mol. The van der Waals surface area contributed by atoms with Crippen molar-refractivity contribution in [1.82, 2.24) is 0 Å². The van der Waals surface area contributed by atoms with Gasteiger partial charge < -0.3 is 14.9 Å². The van der Waals surface area contributed by atoms with E-state index in [1.165, 1.54) is 7.11 Å². The Morgan fingerprint density at radius 3 is 2.33 bits per heavy atom. The van der Waals surface area contributed by atoms with E-state index in [0.717, 1.165) is 10.0 Å². The van der Waals surface area contributed by atoms with Crippen molar-refractivity contribution in [2.75, 3.05) is 7.11 Å². The standard InChI is InChI=1S/C11H15BrO3/c1-6-7(12)5-8(13)10(15-4)9(6)11(2,3)14/h5,13-14H,1-4H3. The number of ether oxygens (including phenoxy) is 1. The van der Waals surface area contributed by atoms with Crippen molar-refractivity contribution in [1.29, 1.82) is 0 Å². The van der Waals surface area contributed by atoms with Gasteiger partial charge in [-0.2, -0.15) is 0 Å². The van der Waals surface area contributed by atoms with E-state index >= 15 is 0 Å². The fourth-order valence-electron chi connectivity index (χ4n) is 1.65. The number of phenols is 1. The van der Waals surface area contributed by atoms with Gasteiger partial charge in [0.25, 0.3) is 0 Å². The van der Waals surface area contributed by atoms with Crippen LogP contribution in [0.15, 0.2) is 10.5 Å². The molecule has 0 heterocycles. The smallest absolute Gasteiger partial charge is 0.166 e. The van der Waals surface area contributed by atoms with Gasteiger partial charge in [0, 0.05) is 10.0 Å². The normalized spacial score (nSPS) is 11.6. The number of rotatable bonds is 2. The monoisotopic (exact) mass is 274 g/mol. The highest BCUT2D eigenvalue weighted by Gasteiger charge is 2.27. The van der Waals surface area contributed by atoms with E-state index in [2.05, 4.69) is 15.9 Å². The predicted octanol–water partition coefficient (Wildman–Crippen LogP) is 2.70. The van der Waals surface area contributed by atoms with E-state index in [-0.39, 0.29) is 5.75 Å². The minimum absolute atomic E-state index is 0.0205. The molecule has 0 spiro atoms. The van der Waals surface area contributed by atoms with Gasteiger partial charge in [-0.15, -0.1) is 0 Å². The van der Waals surface area contributed by atoms with E-state index in [4.69, 9.17) is 4.74 Å². The number of aliphatic hydroxyl groups is 1. The first-order valence-corrected chi connectivity index (χ1v) is 5.37. The van der Waals surface area contributed by atoms with Gasteiger partial charge in [0.2, 0.25) is 0 Å². The Labute approximate surface area is 97.8 Å². The summed E-state index contributed by atoms with van der Waals surface area (Å²) in [6, 6.07) is 1.56. The highest BCUT2D eigenvalue weighted by Crippen LogP contribution is 2.42. The van der Waals surface area contributed by atoms with Crippen LogP contribution in [-0.4, -0.2) is 17.3 Å². The lowest BCUT2D eigenvalue weighted by molar-refractivity contribution is 0.0743. The van der Waals surface area contributed by atoms with Crippen LogP contribution in [0.3, 0.4) is 0 Å². The molecule has 0 aliphatic rings. The van der Waals surface area contributed by atoms with Crippen LogP contribution in [0.25, 0.3) is 0 Å². The SMILES string of the molecule is COc1c(O)cc(Br)c(C)c1C(C)(C)O. The van der Waals surface area contributed by atoms with Crippen LogP contribution in [0.5, 0.6) is 11.5 Å². The zero-order chi connectivity index (χ0) is 11.8. The van der Waals surface area contributed by atoms with Crippen molar-refractivity contribution < 1.29 is 14.9 Å². The lowest BCUT2D eigenvalue weighted by atomic mass is 9.92. The summed E-state index contributed by atoms with van der Waals surface area (Å²) in [4.78, 5) is 0. The summed E-state index contributed by atoms with van der Waals surface area (Å²) in [6.45, 7) is 5.17. The topological polar surface area (TPSA) is 49.7 Å². The Balaban J connectivity index is 3.59. The summed E-state index contributed by atoms with van der Waals surface area (Å²) in [5, 5.41) is 19.7. The maximum absolute atomic E-state index is 10.0. The van der Waals surface area contributed by atoms with Gasteiger partial charge in [-0.3, -0.25) is 0 Å². The minimum Gasteiger partial charge on any atom is -0.504 e. The molecule has 1 aromatic carbocycles. The van der Waals surface area contributed by atoms with E-state index in [1.807, 2.05) is 6.92 Å². The first-order chi connectivity index (χ1) is 6.79. The van der Waals surface area contributed by atoms with E-state index < -0.39 is 5.60 Å². The molecule has 0 saturated heterocycles. The number of hydrogen-bond acceptors (Lipinski definition) is 3. The Morgan fingerprint density at radius 2 is 1.93 bits per heavy atom. The number of phenolic OH excluding ortho intramolecular Hbond substituents is 1. The fourth-order valence-corrected chi connectivity index (χ4v) is 2.07. The van der Waals surface area contributed by atoms with Gasteiger partial charge in [0.05, 0.1) is 12.7 Å². The molecule has 1 aromatic rings. The molecule has 0 fully saturated rings. The summed E-state index contributed by atoms with van der Waals surface area (Å²) < 4.78 is 5.86. The Morgan fingerprint density at radius 1 is 1.40 bits per heavy atom. The van der Waals surface area contributed by atoms with Gasteiger partial charge in [-0.05, 0) is 32.4 Å². The molecule has 4 heteroatoms. The number of methoxy groups -OCH3 is 1. The van der Waals surface area contributed by atoms with Crippen LogP contribution in [0.2, 0.25) is 0 Å². The lowest BCUT2D eigenvalue weighted by Gasteiger charge is -2.24. The van der Waals surface area contributed by atoms with Crippen LogP contribution >= 0.6 is 15.9 Å². The fraction of sp³-hybridized carbons (Fsp3) is 0.455. The molecule has 1 rings (SSSR count). The third kappa shape index (κ3) is 2.26. The van der Waals surface area contributed by atoms with Crippen molar-refractivity contribution in [3.8, 4) is 11.5 Å². The molecule has 0 amide bonds. The Bertz CT molecular complexity index is 380. The number of aromatic hydroxyl groups is 1. The molecule has 0 atom stereocenters. The molecule has 3 nitrogen and oxygen atoms in total. The molecule has 0 aromatic heterocycles. The average Bonchev–Trinajstić information content (AvgIpc) is 2.08. The second-order valence-corrected chi connectivity index (χ2v) is 4.82. The number of hydrogen-bond donors (Lipinski definition) is 2. The lowest BCUT2D eigenvalue weighted by Crippen LogP contribution is -2.18. The second-order valence-electron chi connectivity index (χ2n) is 3.97. The van der Waals surface area contributed by atoms with Gasteiger partial charge in [0.15, 0.2) is 11.5 Å². The maximum atomic E-state index is 10.0. The van der Waals surface area contributed by atoms with Gasteiger partial charge in [-0.25, -0.2) is 0 Å². The molecule has 84 valence electrons. The predicted molar refractivity (Wildman–Crippen MR) is 62.3 cm³/mol. The minimum atomic E-state index is -1.06. The van der Waals surface area contributed by atoms with Gasteiger partial charge in [-0.1, -0.05) is 15.9 Å². The molecule has 0 unspecified atom stereocenters. The highest BCUT2D eigenvalue weighted by molar-refractivity contribution is 9.10. The van der Waals surface area contributed by atoms with Crippen molar-refractivity contribution in [2.24, 2.45) is 0 Å². The molecule has 0 aliphatic heterocycles. The maximum Gasteiger partial charge on any atom is 0.166 e. The molecule has 2 N–H and O–H groups in total. The van der Waals surface area contributed by atoms with E-state index in [1.54, 1.807) is 19.9 Å². The summed E-state index contributed by atoms with van der Waals surface area (Å²) >= 11 is 3.33.